The Morgan fingerprint density at radius 2 is 2.14 bits per heavy atom. The highest BCUT2D eigenvalue weighted by molar-refractivity contribution is 9.09. The summed E-state index contributed by atoms with van der Waals surface area (Å²) < 4.78 is 12.0. The van der Waals surface area contributed by atoms with E-state index in [0.29, 0.717) is 17.3 Å². The number of hydrogen-bond donors (Lipinski definition) is 0. The smallest absolute Gasteiger partial charge is 0.0906 e. The topological polar surface area (TPSA) is 6.48 Å². The Balaban J connectivity index is 1.79. The Hall–Kier alpha value is 0.330. The van der Waals surface area contributed by atoms with E-state index >= 15 is 0 Å². The average Bonchev–Trinajstić information content (AvgIpc) is 2.54. The predicted octanol–water partition coefficient (Wildman–Crippen LogP) is 1.50. The molecular weight excluding hydrogens is 247 g/mol. The van der Waals surface area contributed by atoms with Crippen LogP contribution in [0.2, 0.25) is 0 Å². The Bertz CT molecular complexity index is 191. The van der Waals surface area contributed by atoms with Gasteiger partial charge in [0.2, 0.25) is 0 Å². The van der Waals surface area contributed by atoms with Crippen LogP contribution in [0.5, 0.6) is 0 Å². The van der Waals surface area contributed by atoms with Gasteiger partial charge in [-0.1, -0.05) is 15.9 Å². The number of alkyl halides is 2. The van der Waals surface area contributed by atoms with Crippen molar-refractivity contribution in [2.45, 2.75) is 23.7 Å². The minimum atomic E-state index is -0.175. The maximum Gasteiger partial charge on any atom is 0.0906 e. The van der Waals surface area contributed by atoms with Crippen molar-refractivity contribution in [1.29, 1.82) is 0 Å². The van der Waals surface area contributed by atoms with Gasteiger partial charge in [0, 0.05) is 43.6 Å². The van der Waals surface area contributed by atoms with Gasteiger partial charge in [0.15, 0.2) is 0 Å². The van der Waals surface area contributed by atoms with Crippen LogP contribution in [-0.2, 0) is 0 Å². The number of piperazine rings is 1. The maximum absolute atomic E-state index is 12.0. The molecule has 82 valence electrons. The van der Waals surface area contributed by atoms with Crippen LogP contribution in [0.15, 0.2) is 0 Å². The van der Waals surface area contributed by atoms with Crippen LogP contribution in [0.1, 0.15) is 12.8 Å². The van der Waals surface area contributed by atoms with E-state index in [-0.39, 0.29) is 6.67 Å². The number of hydrogen-bond acceptors (Lipinski definition) is 2. The molecule has 0 radical (unpaired) electrons. The Morgan fingerprint density at radius 1 is 1.29 bits per heavy atom. The van der Waals surface area contributed by atoms with Crippen LogP contribution in [0.4, 0.5) is 4.39 Å². The van der Waals surface area contributed by atoms with Gasteiger partial charge < -0.3 is 4.90 Å². The van der Waals surface area contributed by atoms with Gasteiger partial charge in [0.1, 0.15) is 0 Å². The van der Waals surface area contributed by atoms with Gasteiger partial charge in [0.05, 0.1) is 6.67 Å². The van der Waals surface area contributed by atoms with Crippen LogP contribution in [0.3, 0.4) is 0 Å². The van der Waals surface area contributed by atoms with Gasteiger partial charge in [-0.2, -0.15) is 0 Å². The fourth-order valence-corrected chi connectivity index (χ4v) is 3.34. The van der Waals surface area contributed by atoms with Crippen molar-refractivity contribution in [3.63, 3.8) is 0 Å². The van der Waals surface area contributed by atoms with E-state index in [1.54, 1.807) is 0 Å². The molecule has 2 fully saturated rings. The molecule has 0 amide bonds. The fraction of sp³-hybridized carbons (Fsp3) is 1.00. The third-order valence-corrected chi connectivity index (χ3v) is 3.92. The van der Waals surface area contributed by atoms with Crippen molar-refractivity contribution < 1.29 is 4.39 Å². The first-order valence-corrected chi connectivity index (χ1v) is 6.37. The summed E-state index contributed by atoms with van der Waals surface area (Å²) in [6.07, 6.45) is 1.95. The molecule has 0 saturated carbocycles. The van der Waals surface area contributed by atoms with Crippen LogP contribution < -0.4 is 0 Å². The normalized spacial score (nSPS) is 34.7. The molecule has 0 spiro atoms. The van der Waals surface area contributed by atoms with E-state index < -0.39 is 0 Å². The molecule has 2 rings (SSSR count). The lowest BCUT2D eigenvalue weighted by Gasteiger charge is -2.37. The van der Waals surface area contributed by atoms with E-state index in [1.807, 2.05) is 0 Å². The zero-order chi connectivity index (χ0) is 9.97. The first-order valence-electron chi connectivity index (χ1n) is 5.46. The highest BCUT2D eigenvalue weighted by atomic mass is 79.9. The molecule has 2 nitrogen and oxygen atoms in total. The van der Waals surface area contributed by atoms with Gasteiger partial charge in [-0.25, -0.2) is 0 Å². The second-order valence-electron chi connectivity index (χ2n) is 4.32. The molecule has 4 heteroatoms. The number of nitrogens with zero attached hydrogens (tertiary/aromatic N) is 2. The molecule has 2 saturated heterocycles. The fourth-order valence-electron chi connectivity index (χ4n) is 2.53. The zero-order valence-electron chi connectivity index (χ0n) is 8.46. The van der Waals surface area contributed by atoms with Crippen LogP contribution in [0.25, 0.3) is 0 Å². The molecule has 2 aliphatic rings. The number of rotatable bonds is 3. The molecule has 2 aliphatic heterocycles. The van der Waals surface area contributed by atoms with Gasteiger partial charge in [-0.3, -0.25) is 9.29 Å². The SMILES string of the molecule is FCCCN1CCN2CC(Br)CC2C1. The molecule has 2 heterocycles. The predicted molar refractivity (Wildman–Crippen MR) is 59.7 cm³/mol. The minimum absolute atomic E-state index is 0.175. The molecule has 2 atom stereocenters. The zero-order valence-corrected chi connectivity index (χ0v) is 10.0. The quantitative estimate of drug-likeness (QED) is 0.713. The van der Waals surface area contributed by atoms with E-state index in [2.05, 4.69) is 25.7 Å². The summed E-state index contributed by atoms with van der Waals surface area (Å²) in [6, 6.07) is 0.715. The average molecular weight is 265 g/mol. The summed E-state index contributed by atoms with van der Waals surface area (Å²) in [5.74, 6) is 0. The summed E-state index contributed by atoms with van der Waals surface area (Å²) >= 11 is 3.68. The highest BCUT2D eigenvalue weighted by Crippen LogP contribution is 2.26. The molecule has 0 aromatic rings. The molecule has 0 aromatic heterocycles. The Morgan fingerprint density at radius 3 is 2.93 bits per heavy atom. The third-order valence-electron chi connectivity index (χ3n) is 3.26. The first-order chi connectivity index (χ1) is 6.79. The van der Waals surface area contributed by atoms with Gasteiger partial charge >= 0.3 is 0 Å². The molecule has 0 aliphatic carbocycles. The van der Waals surface area contributed by atoms with Crippen molar-refractivity contribution in [3.05, 3.63) is 0 Å². The van der Waals surface area contributed by atoms with Crippen LogP contribution >= 0.6 is 15.9 Å². The lowest BCUT2D eigenvalue weighted by molar-refractivity contribution is 0.102. The second kappa shape index (κ2) is 4.90. The van der Waals surface area contributed by atoms with Crippen LogP contribution in [0, 0.1) is 0 Å². The standard InChI is InChI=1S/C10H18BrFN2/c11-9-6-10-8-13(3-1-2-12)4-5-14(10)7-9/h9-10H,1-8H2. The third kappa shape index (κ3) is 2.47. The van der Waals surface area contributed by atoms with Crippen molar-refractivity contribution in [2.24, 2.45) is 0 Å². The van der Waals surface area contributed by atoms with Gasteiger partial charge in [-0.05, 0) is 12.8 Å². The Kier molecular flexibility index (Phi) is 3.79. The molecule has 0 N–H and O–H groups in total. The molecule has 2 unspecified atom stereocenters. The number of fused-ring (bicyclic) bond motifs is 1. The summed E-state index contributed by atoms with van der Waals surface area (Å²) in [4.78, 5) is 5.64. The van der Waals surface area contributed by atoms with Crippen molar-refractivity contribution in [1.82, 2.24) is 9.80 Å². The Labute approximate surface area is 93.6 Å². The molecule has 14 heavy (non-hydrogen) atoms. The van der Waals surface area contributed by atoms with E-state index in [9.17, 15) is 4.39 Å². The number of halogens is 2. The van der Waals surface area contributed by atoms with Crippen molar-refractivity contribution in [3.8, 4) is 0 Å². The monoisotopic (exact) mass is 264 g/mol. The summed E-state index contributed by atoms with van der Waals surface area (Å²) in [6.45, 7) is 5.39. The first kappa shape index (κ1) is 10.8. The highest BCUT2D eigenvalue weighted by Gasteiger charge is 2.34. The summed E-state index contributed by atoms with van der Waals surface area (Å²) in [5, 5.41) is 0. The van der Waals surface area contributed by atoms with Gasteiger partial charge in [-0.15, -0.1) is 0 Å². The lowest BCUT2D eigenvalue weighted by Crippen LogP contribution is -2.50. The van der Waals surface area contributed by atoms with E-state index in [4.69, 9.17) is 0 Å². The summed E-state index contributed by atoms with van der Waals surface area (Å²) in [7, 11) is 0. The van der Waals surface area contributed by atoms with E-state index in [0.717, 1.165) is 19.6 Å². The van der Waals surface area contributed by atoms with Crippen LogP contribution in [-0.4, -0.2) is 60.1 Å². The van der Waals surface area contributed by atoms with E-state index in [1.165, 1.54) is 19.5 Å². The minimum Gasteiger partial charge on any atom is -0.300 e. The van der Waals surface area contributed by atoms with Crippen molar-refractivity contribution >= 4 is 15.9 Å². The maximum atomic E-state index is 12.0. The molecule has 0 bridgehead atoms. The largest absolute Gasteiger partial charge is 0.300 e. The second-order valence-corrected chi connectivity index (χ2v) is 5.62. The lowest BCUT2D eigenvalue weighted by atomic mass is 10.1. The summed E-state index contributed by atoms with van der Waals surface area (Å²) in [5.41, 5.74) is 0. The molecule has 0 aromatic carbocycles. The van der Waals surface area contributed by atoms with Crippen molar-refractivity contribution in [2.75, 3.05) is 39.4 Å². The van der Waals surface area contributed by atoms with Gasteiger partial charge in [0.25, 0.3) is 0 Å². The molecular formula is C10H18BrFN2.